The number of urea groups is 1. The summed E-state index contributed by atoms with van der Waals surface area (Å²) in [5.41, 5.74) is 2.49. The number of likely N-dealkylation sites (tertiary alicyclic amines) is 1. The van der Waals surface area contributed by atoms with E-state index in [0.717, 1.165) is 16.7 Å². The number of methoxy groups -OCH3 is 1. The van der Waals surface area contributed by atoms with Crippen molar-refractivity contribution in [3.63, 3.8) is 0 Å². The van der Waals surface area contributed by atoms with Crippen molar-refractivity contribution >= 4 is 17.8 Å². The lowest BCUT2D eigenvalue weighted by Crippen LogP contribution is -2.59. The van der Waals surface area contributed by atoms with Crippen LogP contribution >= 0.6 is 0 Å². The maximum Gasteiger partial charge on any atom is 0.325 e. The lowest BCUT2D eigenvalue weighted by Gasteiger charge is -2.38. The molecule has 7 heteroatoms. The van der Waals surface area contributed by atoms with Gasteiger partial charge in [-0.15, -0.1) is 0 Å². The van der Waals surface area contributed by atoms with Gasteiger partial charge in [-0.3, -0.25) is 14.5 Å². The van der Waals surface area contributed by atoms with Gasteiger partial charge in [-0.2, -0.15) is 0 Å². The van der Waals surface area contributed by atoms with Gasteiger partial charge in [-0.25, -0.2) is 4.79 Å². The van der Waals surface area contributed by atoms with E-state index in [9.17, 15) is 14.4 Å². The van der Waals surface area contributed by atoms with Crippen LogP contribution in [0, 0.1) is 13.8 Å². The molecule has 7 nitrogen and oxygen atoms in total. The molecule has 1 spiro atoms. The molecule has 0 unspecified atom stereocenters. The molecule has 31 heavy (non-hydrogen) atoms. The van der Waals surface area contributed by atoms with Crippen molar-refractivity contribution in [2.75, 3.05) is 20.2 Å². The number of benzene rings is 2. The van der Waals surface area contributed by atoms with E-state index >= 15 is 0 Å². The Kier molecular flexibility index (Phi) is 5.43. The number of ether oxygens (including phenoxy) is 1. The van der Waals surface area contributed by atoms with Crippen molar-refractivity contribution in [3.8, 4) is 5.75 Å². The van der Waals surface area contributed by atoms with Crippen molar-refractivity contribution in [1.29, 1.82) is 0 Å². The number of nitrogens with one attached hydrogen (secondary N) is 1. The maximum atomic E-state index is 13.4. The van der Waals surface area contributed by atoms with Crippen LogP contribution in [-0.2, 0) is 11.3 Å². The second kappa shape index (κ2) is 8.06. The van der Waals surface area contributed by atoms with Crippen molar-refractivity contribution in [3.05, 3.63) is 64.7 Å². The van der Waals surface area contributed by atoms with Gasteiger partial charge in [-0.05, 0) is 56.0 Å². The number of nitrogens with zero attached hydrogens (tertiary/aromatic N) is 2. The van der Waals surface area contributed by atoms with Crippen LogP contribution in [0.3, 0.4) is 0 Å². The maximum absolute atomic E-state index is 13.4. The minimum absolute atomic E-state index is 0.164. The third-order valence-electron chi connectivity index (χ3n) is 6.18. The largest absolute Gasteiger partial charge is 0.497 e. The number of carbonyl (C=O) groups is 3. The summed E-state index contributed by atoms with van der Waals surface area (Å²) in [5, 5.41) is 2.90. The van der Waals surface area contributed by atoms with Gasteiger partial charge in [0.2, 0.25) is 0 Å². The number of hydrogen-bond donors (Lipinski definition) is 1. The number of imide groups is 1. The Balaban J connectivity index is 1.54. The standard InChI is InChI=1S/C24H27N3O4/c1-16-8-9-17(2)19(12-16)14-27-22(29)24(25-23(27)30)10-5-11-26(15-24)21(28)18-6-4-7-20(13-18)31-3/h4,6-9,12-13H,5,10-11,14-15H2,1-3H3,(H,25,30)/t24-/m1/s1. The van der Waals surface area contributed by atoms with E-state index in [2.05, 4.69) is 5.32 Å². The summed E-state index contributed by atoms with van der Waals surface area (Å²) in [7, 11) is 1.55. The van der Waals surface area contributed by atoms with E-state index in [4.69, 9.17) is 4.74 Å². The molecule has 2 aliphatic heterocycles. The summed E-state index contributed by atoms with van der Waals surface area (Å²) < 4.78 is 5.22. The molecular weight excluding hydrogens is 394 g/mol. The minimum atomic E-state index is -1.07. The molecule has 0 bridgehead atoms. The average molecular weight is 421 g/mol. The molecule has 1 atom stereocenters. The first kappa shape index (κ1) is 20.9. The quantitative estimate of drug-likeness (QED) is 0.770. The molecule has 4 rings (SSSR count). The molecule has 2 aromatic rings. The first-order chi connectivity index (χ1) is 14.8. The highest BCUT2D eigenvalue weighted by atomic mass is 16.5. The van der Waals surface area contributed by atoms with Crippen molar-refractivity contribution in [2.24, 2.45) is 0 Å². The van der Waals surface area contributed by atoms with Gasteiger partial charge >= 0.3 is 6.03 Å². The molecule has 2 aromatic carbocycles. The van der Waals surface area contributed by atoms with Crippen molar-refractivity contribution in [1.82, 2.24) is 15.1 Å². The lowest BCUT2D eigenvalue weighted by atomic mass is 9.88. The van der Waals surface area contributed by atoms with Crippen LogP contribution in [0.2, 0.25) is 0 Å². The van der Waals surface area contributed by atoms with Gasteiger partial charge in [0.25, 0.3) is 11.8 Å². The molecule has 162 valence electrons. The molecule has 2 fully saturated rings. The Morgan fingerprint density at radius 3 is 2.74 bits per heavy atom. The molecule has 1 N–H and O–H groups in total. The molecule has 0 aliphatic carbocycles. The monoisotopic (exact) mass is 421 g/mol. The number of hydrogen-bond acceptors (Lipinski definition) is 4. The van der Waals surface area contributed by atoms with E-state index in [0.29, 0.717) is 30.7 Å². The molecular formula is C24H27N3O4. The van der Waals surface area contributed by atoms with E-state index < -0.39 is 11.6 Å². The number of rotatable bonds is 4. The van der Waals surface area contributed by atoms with Gasteiger partial charge < -0.3 is 15.0 Å². The summed E-state index contributed by atoms with van der Waals surface area (Å²) in [4.78, 5) is 42.2. The second-order valence-corrected chi connectivity index (χ2v) is 8.40. The van der Waals surface area contributed by atoms with E-state index in [1.807, 2.05) is 32.0 Å². The van der Waals surface area contributed by atoms with Gasteiger partial charge in [-0.1, -0.05) is 29.8 Å². The van der Waals surface area contributed by atoms with Crippen LogP contribution in [-0.4, -0.2) is 53.4 Å². The predicted molar refractivity (Wildman–Crippen MR) is 116 cm³/mol. The van der Waals surface area contributed by atoms with Crippen LogP contribution in [0.4, 0.5) is 4.79 Å². The smallest absolute Gasteiger partial charge is 0.325 e. The zero-order valence-corrected chi connectivity index (χ0v) is 18.1. The van der Waals surface area contributed by atoms with Gasteiger partial charge in [0.1, 0.15) is 11.3 Å². The Labute approximate surface area is 182 Å². The Hall–Kier alpha value is -3.35. The number of aryl methyl sites for hydroxylation is 2. The average Bonchev–Trinajstić information content (AvgIpc) is 2.99. The number of carbonyl (C=O) groups excluding carboxylic acids is 3. The van der Waals surface area contributed by atoms with Crippen LogP contribution in [0.25, 0.3) is 0 Å². The molecule has 2 aliphatic rings. The van der Waals surface area contributed by atoms with Gasteiger partial charge in [0, 0.05) is 12.1 Å². The summed E-state index contributed by atoms with van der Waals surface area (Å²) >= 11 is 0. The fraction of sp³-hybridized carbons (Fsp3) is 0.375. The first-order valence-corrected chi connectivity index (χ1v) is 10.5. The fourth-order valence-corrected chi connectivity index (χ4v) is 4.40. The van der Waals surface area contributed by atoms with Crippen LogP contribution in [0.5, 0.6) is 5.75 Å². The molecule has 2 heterocycles. The van der Waals surface area contributed by atoms with Crippen LogP contribution in [0.1, 0.15) is 39.9 Å². The Morgan fingerprint density at radius 1 is 1.16 bits per heavy atom. The van der Waals surface area contributed by atoms with Crippen LogP contribution < -0.4 is 10.1 Å². The highest BCUT2D eigenvalue weighted by Crippen LogP contribution is 2.31. The third-order valence-corrected chi connectivity index (χ3v) is 6.18. The van der Waals surface area contributed by atoms with Crippen molar-refractivity contribution in [2.45, 2.75) is 38.8 Å². The molecule has 2 saturated heterocycles. The molecule has 0 radical (unpaired) electrons. The van der Waals surface area contributed by atoms with E-state index in [1.165, 1.54) is 4.90 Å². The van der Waals surface area contributed by atoms with Gasteiger partial charge in [0.15, 0.2) is 0 Å². The fourth-order valence-electron chi connectivity index (χ4n) is 4.40. The summed E-state index contributed by atoms with van der Waals surface area (Å²) in [6.45, 7) is 4.89. The Bertz CT molecular complexity index is 1050. The van der Waals surface area contributed by atoms with Crippen LogP contribution in [0.15, 0.2) is 42.5 Å². The SMILES string of the molecule is COc1cccc(C(=O)N2CCC[C@]3(C2)NC(=O)N(Cc2cc(C)ccc2C)C3=O)c1. The second-order valence-electron chi connectivity index (χ2n) is 8.40. The van der Waals surface area contributed by atoms with Crippen molar-refractivity contribution < 1.29 is 19.1 Å². The lowest BCUT2D eigenvalue weighted by molar-refractivity contribution is -0.133. The zero-order valence-electron chi connectivity index (χ0n) is 18.1. The summed E-state index contributed by atoms with van der Waals surface area (Å²) in [6.07, 6.45) is 1.15. The molecule has 0 aromatic heterocycles. The van der Waals surface area contributed by atoms with Gasteiger partial charge in [0.05, 0.1) is 20.2 Å². The molecule has 0 saturated carbocycles. The first-order valence-electron chi connectivity index (χ1n) is 10.5. The third kappa shape index (κ3) is 3.87. The summed E-state index contributed by atoms with van der Waals surface area (Å²) in [5.74, 6) is 0.164. The van der Waals surface area contributed by atoms with E-state index in [1.54, 1.807) is 36.3 Å². The molecule has 4 amide bonds. The highest BCUT2D eigenvalue weighted by Gasteiger charge is 2.53. The minimum Gasteiger partial charge on any atom is -0.497 e. The normalized spacial score (nSPS) is 20.9. The number of piperidine rings is 1. The van der Waals surface area contributed by atoms with E-state index in [-0.39, 0.29) is 24.9 Å². The Morgan fingerprint density at radius 2 is 1.97 bits per heavy atom. The zero-order chi connectivity index (χ0) is 22.2. The summed E-state index contributed by atoms with van der Waals surface area (Å²) in [6, 6.07) is 12.6. The number of amides is 4. The highest BCUT2D eigenvalue weighted by molar-refractivity contribution is 6.07. The topological polar surface area (TPSA) is 79.0 Å². The predicted octanol–water partition coefficient (Wildman–Crippen LogP) is 3.04.